The van der Waals surface area contributed by atoms with Crippen LogP contribution in [0.1, 0.15) is 0 Å². The van der Waals surface area contributed by atoms with Crippen LogP contribution >= 0.6 is 0 Å². The molecule has 0 saturated carbocycles. The van der Waals surface area contributed by atoms with E-state index >= 15 is 0 Å². The second-order valence-corrected chi connectivity index (χ2v) is 4.45. The van der Waals surface area contributed by atoms with E-state index in [2.05, 4.69) is 0 Å². The van der Waals surface area contributed by atoms with Gasteiger partial charge in [-0.2, -0.15) is 0 Å². The Labute approximate surface area is 117 Å². The summed E-state index contributed by atoms with van der Waals surface area (Å²) in [6.07, 6.45) is 0. The molecule has 2 aromatic rings. The Morgan fingerprint density at radius 2 is 1.60 bits per heavy atom. The molecule has 0 bridgehead atoms. The van der Waals surface area contributed by atoms with Gasteiger partial charge in [0.1, 0.15) is 25.6 Å². The summed E-state index contributed by atoms with van der Waals surface area (Å²) in [5, 5.41) is 8.72. The molecule has 0 aromatic heterocycles. The molecule has 0 atom stereocenters. The van der Waals surface area contributed by atoms with Crippen LogP contribution in [0.25, 0.3) is 11.1 Å². The summed E-state index contributed by atoms with van der Waals surface area (Å²) in [7, 11) is 0. The van der Waals surface area contributed by atoms with E-state index < -0.39 is 0 Å². The maximum absolute atomic E-state index is 8.72. The summed E-state index contributed by atoms with van der Waals surface area (Å²) in [4.78, 5) is 0. The van der Waals surface area contributed by atoms with Gasteiger partial charge in [0.2, 0.25) is 0 Å². The van der Waals surface area contributed by atoms with Gasteiger partial charge >= 0.3 is 0 Å². The SMILES string of the molecule is OCCOc1ccc(-c2ccc3c(c2)OCCO3)cc1. The first kappa shape index (κ1) is 12.8. The van der Waals surface area contributed by atoms with Crippen LogP contribution in [0.2, 0.25) is 0 Å². The zero-order chi connectivity index (χ0) is 13.8. The summed E-state index contributed by atoms with van der Waals surface area (Å²) < 4.78 is 16.4. The third kappa shape index (κ3) is 2.70. The van der Waals surface area contributed by atoms with Crippen molar-refractivity contribution >= 4 is 0 Å². The van der Waals surface area contributed by atoms with Gasteiger partial charge in [0.15, 0.2) is 11.5 Å². The summed E-state index contributed by atoms with van der Waals surface area (Å²) in [6.45, 7) is 1.51. The first-order valence-corrected chi connectivity index (χ1v) is 6.60. The summed E-state index contributed by atoms with van der Waals surface area (Å²) in [5.41, 5.74) is 2.15. The molecule has 0 radical (unpaired) electrons. The van der Waals surface area contributed by atoms with E-state index in [1.807, 2.05) is 42.5 Å². The van der Waals surface area contributed by atoms with Crippen molar-refractivity contribution in [3.63, 3.8) is 0 Å². The van der Waals surface area contributed by atoms with Crippen molar-refractivity contribution in [3.05, 3.63) is 42.5 Å². The smallest absolute Gasteiger partial charge is 0.161 e. The zero-order valence-corrected chi connectivity index (χ0v) is 11.0. The second kappa shape index (κ2) is 5.84. The van der Waals surface area contributed by atoms with E-state index in [-0.39, 0.29) is 6.61 Å². The number of fused-ring (bicyclic) bond motifs is 1. The highest BCUT2D eigenvalue weighted by Gasteiger charge is 2.12. The number of aliphatic hydroxyl groups excluding tert-OH is 1. The number of hydrogen-bond donors (Lipinski definition) is 1. The van der Waals surface area contributed by atoms with E-state index in [1.165, 1.54) is 0 Å². The molecule has 20 heavy (non-hydrogen) atoms. The molecule has 0 saturated heterocycles. The quantitative estimate of drug-likeness (QED) is 0.929. The van der Waals surface area contributed by atoms with E-state index in [9.17, 15) is 0 Å². The number of aliphatic hydroxyl groups is 1. The van der Waals surface area contributed by atoms with Crippen molar-refractivity contribution in [3.8, 4) is 28.4 Å². The Morgan fingerprint density at radius 1 is 0.900 bits per heavy atom. The normalized spacial score (nSPS) is 13.1. The molecule has 1 N–H and O–H groups in total. The van der Waals surface area contributed by atoms with Crippen molar-refractivity contribution in [2.75, 3.05) is 26.4 Å². The van der Waals surface area contributed by atoms with Crippen LogP contribution in [0.5, 0.6) is 17.2 Å². The van der Waals surface area contributed by atoms with Crippen LogP contribution < -0.4 is 14.2 Å². The van der Waals surface area contributed by atoms with Crippen molar-refractivity contribution in [1.82, 2.24) is 0 Å². The molecule has 4 nitrogen and oxygen atoms in total. The van der Waals surface area contributed by atoms with Gasteiger partial charge in [-0.25, -0.2) is 0 Å². The van der Waals surface area contributed by atoms with Gasteiger partial charge in [-0.05, 0) is 35.4 Å². The Balaban J connectivity index is 1.81. The fraction of sp³-hybridized carbons (Fsp3) is 0.250. The lowest BCUT2D eigenvalue weighted by atomic mass is 10.0. The molecule has 3 rings (SSSR count). The molecule has 0 aliphatic carbocycles. The first-order chi connectivity index (χ1) is 9.86. The zero-order valence-electron chi connectivity index (χ0n) is 11.0. The molecule has 2 aromatic carbocycles. The lowest BCUT2D eigenvalue weighted by Crippen LogP contribution is -2.15. The molecular weight excluding hydrogens is 256 g/mol. The standard InChI is InChI=1S/C16H16O4/c17-7-8-18-14-4-1-12(2-5-14)13-3-6-15-16(11-13)20-10-9-19-15/h1-6,11,17H,7-10H2. The number of rotatable bonds is 4. The van der Waals surface area contributed by atoms with E-state index in [0.717, 1.165) is 28.4 Å². The molecule has 0 spiro atoms. The average molecular weight is 272 g/mol. The highest BCUT2D eigenvalue weighted by molar-refractivity contribution is 5.67. The molecule has 0 fully saturated rings. The number of ether oxygens (including phenoxy) is 3. The topological polar surface area (TPSA) is 47.9 Å². The second-order valence-electron chi connectivity index (χ2n) is 4.45. The fourth-order valence-electron chi connectivity index (χ4n) is 2.13. The van der Waals surface area contributed by atoms with Gasteiger partial charge in [0, 0.05) is 0 Å². The lowest BCUT2D eigenvalue weighted by Gasteiger charge is -2.19. The predicted octanol–water partition coefficient (Wildman–Crippen LogP) is 2.50. The van der Waals surface area contributed by atoms with E-state index in [0.29, 0.717) is 19.8 Å². The fourth-order valence-corrected chi connectivity index (χ4v) is 2.13. The van der Waals surface area contributed by atoms with Crippen molar-refractivity contribution < 1.29 is 19.3 Å². The summed E-state index contributed by atoms with van der Waals surface area (Å²) in [6, 6.07) is 13.7. The Bertz CT molecular complexity index is 578. The summed E-state index contributed by atoms with van der Waals surface area (Å²) >= 11 is 0. The molecule has 1 heterocycles. The lowest BCUT2D eigenvalue weighted by molar-refractivity contribution is 0.171. The highest BCUT2D eigenvalue weighted by Crippen LogP contribution is 2.34. The van der Waals surface area contributed by atoms with Gasteiger partial charge in [-0.1, -0.05) is 18.2 Å². The highest BCUT2D eigenvalue weighted by atomic mass is 16.6. The average Bonchev–Trinajstić information content (AvgIpc) is 2.53. The molecule has 104 valence electrons. The molecule has 1 aliphatic heterocycles. The van der Waals surface area contributed by atoms with Crippen LogP contribution in [0.4, 0.5) is 0 Å². The van der Waals surface area contributed by atoms with Gasteiger partial charge in [0.25, 0.3) is 0 Å². The molecule has 0 unspecified atom stereocenters. The third-order valence-electron chi connectivity index (χ3n) is 3.09. The number of hydrogen-bond acceptors (Lipinski definition) is 4. The van der Waals surface area contributed by atoms with Gasteiger partial charge in [-0.15, -0.1) is 0 Å². The van der Waals surface area contributed by atoms with Crippen LogP contribution in [0.15, 0.2) is 42.5 Å². The van der Waals surface area contributed by atoms with Crippen LogP contribution in [0.3, 0.4) is 0 Å². The molecule has 0 amide bonds. The van der Waals surface area contributed by atoms with Gasteiger partial charge < -0.3 is 19.3 Å². The maximum atomic E-state index is 8.72. The van der Waals surface area contributed by atoms with E-state index in [4.69, 9.17) is 19.3 Å². The molecule has 4 heteroatoms. The van der Waals surface area contributed by atoms with Crippen molar-refractivity contribution in [2.24, 2.45) is 0 Å². The Morgan fingerprint density at radius 3 is 2.35 bits per heavy atom. The van der Waals surface area contributed by atoms with Crippen LogP contribution in [0, 0.1) is 0 Å². The van der Waals surface area contributed by atoms with Crippen molar-refractivity contribution in [1.29, 1.82) is 0 Å². The van der Waals surface area contributed by atoms with E-state index in [1.54, 1.807) is 0 Å². The monoisotopic (exact) mass is 272 g/mol. The predicted molar refractivity (Wildman–Crippen MR) is 75.4 cm³/mol. The minimum atomic E-state index is 0.0178. The van der Waals surface area contributed by atoms with Gasteiger partial charge in [0.05, 0.1) is 6.61 Å². The molecule has 1 aliphatic rings. The van der Waals surface area contributed by atoms with Crippen molar-refractivity contribution in [2.45, 2.75) is 0 Å². The number of benzene rings is 2. The maximum Gasteiger partial charge on any atom is 0.161 e. The third-order valence-corrected chi connectivity index (χ3v) is 3.09. The van der Waals surface area contributed by atoms with Gasteiger partial charge in [-0.3, -0.25) is 0 Å². The van der Waals surface area contributed by atoms with Crippen LogP contribution in [-0.2, 0) is 0 Å². The summed E-state index contributed by atoms with van der Waals surface area (Å²) in [5.74, 6) is 2.33. The first-order valence-electron chi connectivity index (χ1n) is 6.60. The molecular formula is C16H16O4. The van der Waals surface area contributed by atoms with Crippen LogP contribution in [-0.4, -0.2) is 31.5 Å². The minimum Gasteiger partial charge on any atom is -0.491 e. The Kier molecular flexibility index (Phi) is 3.74. The minimum absolute atomic E-state index is 0.0178. The Hall–Kier alpha value is -2.20. The largest absolute Gasteiger partial charge is 0.491 e.